The number of amides is 2. The summed E-state index contributed by atoms with van der Waals surface area (Å²) in [6.07, 6.45) is 2.83. The Kier molecular flexibility index (Phi) is 6.36. The van der Waals surface area contributed by atoms with Gasteiger partial charge in [-0.1, -0.05) is 11.3 Å². The smallest absolute Gasteiger partial charge is 0.257 e. The molecule has 166 valence electrons. The zero-order valence-electron chi connectivity index (χ0n) is 17.5. The molecule has 4 bridgehead atoms. The third-order valence-electron chi connectivity index (χ3n) is 5.62. The Labute approximate surface area is 180 Å². The van der Waals surface area contributed by atoms with Crippen LogP contribution in [0, 0.1) is 0 Å². The van der Waals surface area contributed by atoms with E-state index in [1.807, 2.05) is 6.20 Å². The lowest BCUT2D eigenvalue weighted by Crippen LogP contribution is -2.55. The lowest BCUT2D eigenvalue weighted by atomic mass is 10.00. The number of carbonyl (C=O) groups is 2. The van der Waals surface area contributed by atoms with Crippen molar-refractivity contribution in [3.05, 3.63) is 35.7 Å². The number of aliphatic hydroxyl groups excluding tert-OH is 1. The van der Waals surface area contributed by atoms with E-state index in [2.05, 4.69) is 15.6 Å². The van der Waals surface area contributed by atoms with Crippen LogP contribution >= 0.6 is 0 Å². The molecule has 5 rings (SSSR count). The summed E-state index contributed by atoms with van der Waals surface area (Å²) in [5.74, 6) is 0.481. The second-order valence-corrected chi connectivity index (χ2v) is 7.79. The number of carbonyl (C=O) groups excluding carboxylic acids is 2. The summed E-state index contributed by atoms with van der Waals surface area (Å²) >= 11 is 0. The molecule has 0 radical (unpaired) electrons. The molecule has 0 saturated carbocycles. The molecule has 3 aliphatic heterocycles. The van der Waals surface area contributed by atoms with Gasteiger partial charge < -0.3 is 24.8 Å². The number of nitrogens with one attached hydrogen (secondary N) is 1. The van der Waals surface area contributed by atoms with Crippen molar-refractivity contribution in [2.45, 2.75) is 44.4 Å². The number of hydrogen-bond donors (Lipinski definition) is 2. The molecule has 10 heteroatoms. The van der Waals surface area contributed by atoms with Gasteiger partial charge in [-0.25, -0.2) is 0 Å². The second-order valence-electron chi connectivity index (χ2n) is 7.79. The van der Waals surface area contributed by atoms with Crippen molar-refractivity contribution in [2.75, 3.05) is 26.8 Å². The Morgan fingerprint density at radius 1 is 1.26 bits per heavy atom. The zero-order chi connectivity index (χ0) is 21.8. The third kappa shape index (κ3) is 4.79. The highest BCUT2D eigenvalue weighted by molar-refractivity contribution is 5.98. The molecule has 2 amide bonds. The first-order valence-corrected chi connectivity index (χ1v) is 10.5. The Morgan fingerprint density at radius 2 is 2.13 bits per heavy atom. The SMILES string of the molecule is COc1cccc2c1OCCCn1cc(nn1)CCC(=O)N[C@@H]1CCN(C[C@H]1O)C2=O. The molecule has 2 N–H and O–H groups in total. The minimum atomic E-state index is -0.851. The summed E-state index contributed by atoms with van der Waals surface area (Å²) in [6.45, 7) is 1.52. The van der Waals surface area contributed by atoms with Crippen LogP contribution in [0.1, 0.15) is 35.3 Å². The molecule has 10 nitrogen and oxygen atoms in total. The van der Waals surface area contributed by atoms with Crippen molar-refractivity contribution in [1.29, 1.82) is 0 Å². The van der Waals surface area contributed by atoms with Crippen LogP contribution in [0.25, 0.3) is 0 Å². The maximum atomic E-state index is 13.2. The summed E-state index contributed by atoms with van der Waals surface area (Å²) in [5, 5.41) is 21.7. The maximum absolute atomic E-state index is 13.2. The molecule has 4 heterocycles. The molecule has 0 aliphatic carbocycles. The molecular formula is C21H27N5O5. The van der Waals surface area contributed by atoms with Crippen LogP contribution < -0.4 is 14.8 Å². The van der Waals surface area contributed by atoms with E-state index >= 15 is 0 Å². The van der Waals surface area contributed by atoms with Crippen molar-refractivity contribution in [1.82, 2.24) is 25.2 Å². The highest BCUT2D eigenvalue weighted by Crippen LogP contribution is 2.32. The summed E-state index contributed by atoms with van der Waals surface area (Å²) < 4.78 is 13.1. The van der Waals surface area contributed by atoms with Gasteiger partial charge in [0.1, 0.15) is 0 Å². The van der Waals surface area contributed by atoms with Crippen LogP contribution in [0.2, 0.25) is 0 Å². The Bertz CT molecular complexity index is 946. The van der Waals surface area contributed by atoms with E-state index in [1.165, 1.54) is 7.11 Å². The number of para-hydroxylation sites is 1. The molecule has 1 aromatic heterocycles. The minimum Gasteiger partial charge on any atom is -0.493 e. The van der Waals surface area contributed by atoms with Gasteiger partial charge in [-0.15, -0.1) is 5.10 Å². The summed E-state index contributed by atoms with van der Waals surface area (Å²) in [7, 11) is 1.53. The average molecular weight is 429 g/mol. The Hall–Kier alpha value is -3.14. The van der Waals surface area contributed by atoms with Crippen LogP contribution in [0.15, 0.2) is 24.4 Å². The number of fused-ring (bicyclic) bond motifs is 8. The van der Waals surface area contributed by atoms with Crippen molar-refractivity contribution in [3.63, 3.8) is 0 Å². The molecule has 1 saturated heterocycles. The van der Waals surface area contributed by atoms with E-state index < -0.39 is 12.1 Å². The molecule has 31 heavy (non-hydrogen) atoms. The van der Waals surface area contributed by atoms with Gasteiger partial charge in [-0.3, -0.25) is 14.3 Å². The molecule has 1 aromatic carbocycles. The van der Waals surface area contributed by atoms with Crippen LogP contribution in [0.4, 0.5) is 0 Å². The first-order chi connectivity index (χ1) is 15.0. The van der Waals surface area contributed by atoms with Gasteiger partial charge in [-0.05, 0) is 18.6 Å². The summed E-state index contributed by atoms with van der Waals surface area (Å²) in [6, 6.07) is 4.79. The molecule has 1 fully saturated rings. The van der Waals surface area contributed by atoms with Gasteiger partial charge in [0, 0.05) is 45.1 Å². The average Bonchev–Trinajstić information content (AvgIpc) is 3.23. The van der Waals surface area contributed by atoms with E-state index in [1.54, 1.807) is 27.8 Å². The number of aromatic nitrogens is 3. The Balaban J connectivity index is 1.60. The standard InChI is InChI=1S/C21H27N5O5/c1-30-18-5-2-4-15-20(18)31-11-3-9-26-12-14(23-24-26)6-7-19(28)22-16-8-10-25(21(15)29)13-17(16)27/h2,4-5,12,16-17,27H,3,6-11,13H2,1H3,(H,22,28)/t16-,17-/m1/s1. The highest BCUT2D eigenvalue weighted by Gasteiger charge is 2.33. The fourth-order valence-corrected chi connectivity index (χ4v) is 3.93. The quantitative estimate of drug-likeness (QED) is 0.673. The number of rotatable bonds is 1. The first kappa shape index (κ1) is 21.1. The highest BCUT2D eigenvalue weighted by atomic mass is 16.5. The monoisotopic (exact) mass is 429 g/mol. The van der Waals surface area contributed by atoms with Gasteiger partial charge >= 0.3 is 0 Å². The lowest BCUT2D eigenvalue weighted by Gasteiger charge is -2.36. The van der Waals surface area contributed by atoms with Crippen molar-refractivity contribution in [2.24, 2.45) is 0 Å². The molecular weight excluding hydrogens is 402 g/mol. The van der Waals surface area contributed by atoms with Crippen LogP contribution in [0.5, 0.6) is 11.5 Å². The third-order valence-corrected chi connectivity index (χ3v) is 5.62. The van der Waals surface area contributed by atoms with Crippen LogP contribution in [-0.4, -0.2) is 75.8 Å². The molecule has 2 aromatic rings. The zero-order valence-corrected chi connectivity index (χ0v) is 17.5. The predicted molar refractivity (Wildman–Crippen MR) is 110 cm³/mol. The summed E-state index contributed by atoms with van der Waals surface area (Å²) in [5.41, 5.74) is 1.13. The molecule has 3 aliphatic rings. The number of hydrogen-bond acceptors (Lipinski definition) is 7. The maximum Gasteiger partial charge on any atom is 0.257 e. The number of methoxy groups -OCH3 is 1. The van der Waals surface area contributed by atoms with Crippen LogP contribution in [0.3, 0.4) is 0 Å². The first-order valence-electron chi connectivity index (χ1n) is 10.5. The van der Waals surface area contributed by atoms with E-state index in [4.69, 9.17) is 9.47 Å². The van der Waals surface area contributed by atoms with Crippen molar-refractivity contribution < 1.29 is 24.2 Å². The second kappa shape index (κ2) is 9.34. The number of ether oxygens (including phenoxy) is 2. The fraction of sp³-hybridized carbons (Fsp3) is 0.524. The fourth-order valence-electron chi connectivity index (χ4n) is 3.93. The molecule has 0 spiro atoms. The lowest BCUT2D eigenvalue weighted by molar-refractivity contribution is -0.123. The minimum absolute atomic E-state index is 0.134. The van der Waals surface area contributed by atoms with Gasteiger partial charge in [-0.2, -0.15) is 0 Å². The van der Waals surface area contributed by atoms with Gasteiger partial charge in [0.2, 0.25) is 5.91 Å². The van der Waals surface area contributed by atoms with E-state index in [0.29, 0.717) is 56.0 Å². The normalized spacial score (nSPS) is 22.7. The van der Waals surface area contributed by atoms with E-state index in [0.717, 1.165) is 5.69 Å². The van der Waals surface area contributed by atoms with Crippen molar-refractivity contribution in [3.8, 4) is 11.5 Å². The summed E-state index contributed by atoms with van der Waals surface area (Å²) in [4.78, 5) is 27.1. The number of piperidine rings is 1. The number of nitrogens with zero attached hydrogens (tertiary/aromatic N) is 4. The molecule has 0 unspecified atom stereocenters. The number of aliphatic hydroxyl groups is 1. The van der Waals surface area contributed by atoms with Crippen molar-refractivity contribution >= 4 is 11.8 Å². The molecule has 2 atom stereocenters. The van der Waals surface area contributed by atoms with Gasteiger partial charge in [0.15, 0.2) is 11.5 Å². The van der Waals surface area contributed by atoms with E-state index in [-0.39, 0.29) is 24.8 Å². The van der Waals surface area contributed by atoms with Crippen LogP contribution in [-0.2, 0) is 17.8 Å². The van der Waals surface area contributed by atoms with Gasteiger partial charge in [0.05, 0.1) is 37.1 Å². The topological polar surface area (TPSA) is 119 Å². The van der Waals surface area contributed by atoms with E-state index in [9.17, 15) is 14.7 Å². The largest absolute Gasteiger partial charge is 0.493 e. The Morgan fingerprint density at radius 3 is 2.94 bits per heavy atom. The number of aryl methyl sites for hydroxylation is 2. The number of benzene rings is 1. The van der Waals surface area contributed by atoms with Gasteiger partial charge in [0.25, 0.3) is 5.91 Å². The predicted octanol–water partition coefficient (Wildman–Crippen LogP) is 0.394.